The van der Waals surface area contributed by atoms with Crippen molar-refractivity contribution < 1.29 is 14.3 Å². The molecule has 1 rings (SSSR count). The Labute approximate surface area is 126 Å². The highest BCUT2D eigenvalue weighted by Crippen LogP contribution is 2.11. The van der Waals surface area contributed by atoms with Gasteiger partial charge in [0.25, 0.3) is 5.91 Å². The second-order valence-electron chi connectivity index (χ2n) is 4.83. The van der Waals surface area contributed by atoms with Gasteiger partial charge in [-0.1, -0.05) is 19.8 Å². The number of nitrogens with one attached hydrogen (secondary N) is 2. The van der Waals surface area contributed by atoms with E-state index in [2.05, 4.69) is 17.6 Å². The van der Waals surface area contributed by atoms with Gasteiger partial charge < -0.3 is 15.4 Å². The van der Waals surface area contributed by atoms with Gasteiger partial charge in [0, 0.05) is 31.3 Å². The van der Waals surface area contributed by atoms with Crippen LogP contribution in [0.25, 0.3) is 0 Å². The third kappa shape index (κ3) is 6.90. The molecule has 0 heterocycles. The number of ether oxygens (including phenoxy) is 1. The molecule has 0 atom stereocenters. The van der Waals surface area contributed by atoms with Crippen molar-refractivity contribution in [2.24, 2.45) is 0 Å². The van der Waals surface area contributed by atoms with Gasteiger partial charge in [0.15, 0.2) is 0 Å². The fourth-order valence-corrected chi connectivity index (χ4v) is 1.83. The molecule has 116 valence electrons. The second-order valence-corrected chi connectivity index (χ2v) is 4.83. The van der Waals surface area contributed by atoms with Gasteiger partial charge in [0.05, 0.1) is 6.61 Å². The maximum Gasteiger partial charge on any atom is 0.251 e. The summed E-state index contributed by atoms with van der Waals surface area (Å²) in [5.41, 5.74) is 1.28. The van der Waals surface area contributed by atoms with Crippen LogP contribution in [0.15, 0.2) is 24.3 Å². The van der Waals surface area contributed by atoms with Crippen LogP contribution >= 0.6 is 0 Å². The first-order chi connectivity index (χ1) is 10.2. The summed E-state index contributed by atoms with van der Waals surface area (Å²) in [5, 5.41) is 5.57. The lowest BCUT2D eigenvalue weighted by Crippen LogP contribution is -2.26. The van der Waals surface area contributed by atoms with E-state index in [0.29, 0.717) is 30.8 Å². The molecule has 0 saturated carbocycles. The molecule has 0 aliphatic heterocycles. The Bertz CT molecular complexity index is 443. The van der Waals surface area contributed by atoms with E-state index in [4.69, 9.17) is 4.74 Å². The molecule has 1 aromatic rings. The number of amides is 2. The summed E-state index contributed by atoms with van der Waals surface area (Å²) in [4.78, 5) is 23.4. The van der Waals surface area contributed by atoms with Crippen molar-refractivity contribution in [1.82, 2.24) is 5.32 Å². The minimum absolute atomic E-state index is 0.0146. The topological polar surface area (TPSA) is 67.4 Å². The second kappa shape index (κ2) is 9.94. The van der Waals surface area contributed by atoms with Crippen LogP contribution in [-0.4, -0.2) is 32.1 Å². The molecule has 2 N–H and O–H groups in total. The standard InChI is InChI=1S/C16H24N2O3/c1-3-4-5-6-15(19)18-14-9-7-13(8-10-14)16(20)17-11-12-21-2/h7-10H,3-6,11-12H2,1-2H3,(H,17,20)(H,18,19). The van der Waals surface area contributed by atoms with Crippen LogP contribution in [0.4, 0.5) is 5.69 Å². The van der Waals surface area contributed by atoms with Crippen LogP contribution < -0.4 is 10.6 Å². The summed E-state index contributed by atoms with van der Waals surface area (Å²) in [6.07, 6.45) is 3.60. The van der Waals surface area contributed by atoms with Crippen molar-refractivity contribution in [3.8, 4) is 0 Å². The molecule has 0 unspecified atom stereocenters. The number of carbonyl (C=O) groups is 2. The van der Waals surface area contributed by atoms with Crippen LogP contribution in [0.3, 0.4) is 0 Å². The summed E-state index contributed by atoms with van der Waals surface area (Å²) in [5.74, 6) is -0.131. The molecular formula is C16H24N2O3. The van der Waals surface area contributed by atoms with Gasteiger partial charge in [-0.2, -0.15) is 0 Å². The van der Waals surface area contributed by atoms with E-state index >= 15 is 0 Å². The van der Waals surface area contributed by atoms with Gasteiger partial charge in [0.2, 0.25) is 5.91 Å². The number of unbranched alkanes of at least 4 members (excludes halogenated alkanes) is 2. The number of benzene rings is 1. The lowest BCUT2D eigenvalue weighted by molar-refractivity contribution is -0.116. The first-order valence-corrected chi connectivity index (χ1v) is 7.34. The Hall–Kier alpha value is -1.88. The largest absolute Gasteiger partial charge is 0.383 e. The summed E-state index contributed by atoms with van der Waals surface area (Å²) >= 11 is 0. The molecule has 0 aliphatic carbocycles. The Balaban J connectivity index is 2.42. The quantitative estimate of drug-likeness (QED) is 0.687. The molecule has 0 aliphatic rings. The number of rotatable bonds is 9. The summed E-state index contributed by atoms with van der Waals surface area (Å²) in [6.45, 7) is 3.07. The molecular weight excluding hydrogens is 268 g/mol. The Morgan fingerprint density at radius 3 is 2.48 bits per heavy atom. The van der Waals surface area contributed by atoms with E-state index in [0.717, 1.165) is 19.3 Å². The summed E-state index contributed by atoms with van der Waals surface area (Å²) < 4.78 is 4.87. The zero-order valence-electron chi connectivity index (χ0n) is 12.8. The van der Waals surface area contributed by atoms with E-state index in [-0.39, 0.29) is 11.8 Å². The molecule has 0 spiro atoms. The number of hydrogen-bond acceptors (Lipinski definition) is 3. The maximum absolute atomic E-state index is 11.8. The van der Waals surface area contributed by atoms with E-state index in [1.807, 2.05) is 0 Å². The van der Waals surface area contributed by atoms with E-state index in [9.17, 15) is 9.59 Å². The van der Waals surface area contributed by atoms with E-state index in [1.54, 1.807) is 31.4 Å². The average molecular weight is 292 g/mol. The lowest BCUT2D eigenvalue weighted by Gasteiger charge is -2.07. The zero-order valence-corrected chi connectivity index (χ0v) is 12.8. The van der Waals surface area contributed by atoms with Crippen LogP contribution in [0.5, 0.6) is 0 Å². The third-order valence-electron chi connectivity index (χ3n) is 3.03. The smallest absolute Gasteiger partial charge is 0.251 e. The fourth-order valence-electron chi connectivity index (χ4n) is 1.83. The van der Waals surface area contributed by atoms with Gasteiger partial charge in [-0.25, -0.2) is 0 Å². The van der Waals surface area contributed by atoms with Gasteiger partial charge >= 0.3 is 0 Å². The van der Waals surface area contributed by atoms with Crippen molar-refractivity contribution in [2.75, 3.05) is 25.6 Å². The van der Waals surface area contributed by atoms with Crippen LogP contribution in [-0.2, 0) is 9.53 Å². The molecule has 0 fully saturated rings. The fraction of sp³-hybridized carbons (Fsp3) is 0.500. The average Bonchev–Trinajstić information content (AvgIpc) is 2.48. The normalized spacial score (nSPS) is 10.2. The highest BCUT2D eigenvalue weighted by molar-refractivity contribution is 5.95. The first-order valence-electron chi connectivity index (χ1n) is 7.34. The van der Waals surface area contributed by atoms with Gasteiger partial charge in [-0.05, 0) is 30.7 Å². The Morgan fingerprint density at radius 1 is 1.14 bits per heavy atom. The highest BCUT2D eigenvalue weighted by Gasteiger charge is 2.06. The van der Waals surface area contributed by atoms with E-state index in [1.165, 1.54) is 0 Å². The van der Waals surface area contributed by atoms with Crippen LogP contribution in [0, 0.1) is 0 Å². The monoisotopic (exact) mass is 292 g/mol. The van der Waals surface area contributed by atoms with Crippen molar-refractivity contribution in [1.29, 1.82) is 0 Å². The first kappa shape index (κ1) is 17.2. The molecule has 21 heavy (non-hydrogen) atoms. The van der Waals surface area contributed by atoms with Crippen LogP contribution in [0.1, 0.15) is 43.0 Å². The molecule has 0 radical (unpaired) electrons. The van der Waals surface area contributed by atoms with Crippen LogP contribution in [0.2, 0.25) is 0 Å². The molecule has 5 nitrogen and oxygen atoms in total. The predicted octanol–water partition coefficient (Wildman–Crippen LogP) is 2.58. The number of anilines is 1. The molecule has 0 saturated heterocycles. The van der Waals surface area contributed by atoms with Crippen molar-refractivity contribution >= 4 is 17.5 Å². The van der Waals surface area contributed by atoms with Crippen molar-refractivity contribution in [2.45, 2.75) is 32.6 Å². The minimum Gasteiger partial charge on any atom is -0.383 e. The lowest BCUT2D eigenvalue weighted by atomic mass is 10.1. The van der Waals surface area contributed by atoms with Gasteiger partial charge in [0.1, 0.15) is 0 Å². The van der Waals surface area contributed by atoms with Gasteiger partial charge in [-0.3, -0.25) is 9.59 Å². The molecule has 2 amide bonds. The van der Waals surface area contributed by atoms with Crippen molar-refractivity contribution in [3.05, 3.63) is 29.8 Å². The van der Waals surface area contributed by atoms with E-state index < -0.39 is 0 Å². The summed E-state index contributed by atoms with van der Waals surface area (Å²) in [6, 6.07) is 6.87. The minimum atomic E-state index is -0.145. The predicted molar refractivity (Wildman–Crippen MR) is 83.4 cm³/mol. The highest BCUT2D eigenvalue weighted by atomic mass is 16.5. The molecule has 1 aromatic carbocycles. The Kier molecular flexibility index (Phi) is 8.12. The van der Waals surface area contributed by atoms with Crippen molar-refractivity contribution in [3.63, 3.8) is 0 Å². The molecule has 0 bridgehead atoms. The number of hydrogen-bond donors (Lipinski definition) is 2. The van der Waals surface area contributed by atoms with Gasteiger partial charge in [-0.15, -0.1) is 0 Å². The number of carbonyl (C=O) groups excluding carboxylic acids is 2. The molecule has 5 heteroatoms. The zero-order chi connectivity index (χ0) is 15.5. The Morgan fingerprint density at radius 2 is 1.86 bits per heavy atom. The maximum atomic E-state index is 11.8. The molecule has 0 aromatic heterocycles. The third-order valence-corrected chi connectivity index (χ3v) is 3.03. The summed E-state index contributed by atoms with van der Waals surface area (Å²) in [7, 11) is 1.59. The number of methoxy groups -OCH3 is 1. The SMILES string of the molecule is CCCCCC(=O)Nc1ccc(C(=O)NCCOC)cc1.